The van der Waals surface area contributed by atoms with Gasteiger partial charge < -0.3 is 12.2 Å². The fraction of sp³-hybridized carbons (Fsp3) is 0.636. The minimum atomic E-state index is -1.76. The first-order valence-corrected chi connectivity index (χ1v) is 22.2. The van der Waals surface area contributed by atoms with Crippen LogP contribution in [0.2, 0.25) is 0 Å². The van der Waals surface area contributed by atoms with Crippen molar-refractivity contribution in [2.24, 2.45) is 0 Å². The van der Waals surface area contributed by atoms with E-state index < -0.39 is 13.5 Å². The van der Waals surface area contributed by atoms with Gasteiger partial charge in [0.2, 0.25) is 0 Å². The second-order valence-electron chi connectivity index (χ2n) is 11.0. The predicted molar refractivity (Wildman–Crippen MR) is 174 cm³/mol. The van der Waals surface area contributed by atoms with Gasteiger partial charge in [-0.1, -0.05) is 19.3 Å². The molecular formula is C33H53Cl2O2PRu. The van der Waals surface area contributed by atoms with Gasteiger partial charge in [-0.25, -0.2) is 0 Å². The van der Waals surface area contributed by atoms with Crippen LogP contribution in [0, 0.1) is 7.43 Å². The van der Waals surface area contributed by atoms with Crippen LogP contribution in [0.1, 0.15) is 108 Å². The predicted octanol–water partition coefficient (Wildman–Crippen LogP) is 11.0. The van der Waals surface area contributed by atoms with Crippen LogP contribution < -0.4 is 0 Å². The third-order valence-electron chi connectivity index (χ3n) is 8.25. The fourth-order valence-corrected chi connectivity index (χ4v) is 12.7. The Morgan fingerprint density at radius 1 is 0.795 bits per heavy atom. The van der Waals surface area contributed by atoms with Gasteiger partial charge in [-0.3, -0.25) is 0 Å². The Morgan fingerprint density at radius 3 is 1.69 bits per heavy atom. The Morgan fingerprint density at radius 2 is 1.31 bits per heavy atom. The van der Waals surface area contributed by atoms with Gasteiger partial charge >= 0.3 is 97.1 Å². The van der Waals surface area contributed by atoms with Gasteiger partial charge in [-0.05, 0) is 83.1 Å². The van der Waals surface area contributed by atoms with Gasteiger partial charge in [0, 0.05) is 14.3 Å². The van der Waals surface area contributed by atoms with Crippen molar-refractivity contribution in [1.29, 1.82) is 0 Å². The third-order valence-corrected chi connectivity index (χ3v) is 14.2. The van der Waals surface area contributed by atoms with E-state index in [1.165, 1.54) is 21.8 Å². The molecule has 1 heterocycles. The van der Waals surface area contributed by atoms with Crippen LogP contribution in [0.25, 0.3) is 6.08 Å². The molecule has 5 rings (SSSR count). The monoisotopic (exact) mass is 684 g/mol. The van der Waals surface area contributed by atoms with Gasteiger partial charge in [0.15, 0.2) is 0 Å². The first kappa shape index (κ1) is 35.2. The van der Waals surface area contributed by atoms with Crippen LogP contribution in [0.4, 0.5) is 0 Å². The van der Waals surface area contributed by atoms with Crippen LogP contribution in [0.3, 0.4) is 0 Å². The Kier molecular flexibility index (Phi) is 20.3. The van der Waals surface area contributed by atoms with E-state index in [4.69, 9.17) is 28.9 Å². The number of ether oxygens (including phenoxy) is 2. The van der Waals surface area contributed by atoms with Crippen LogP contribution in [-0.4, -0.2) is 35.0 Å². The average Bonchev–Trinajstić information content (AvgIpc) is 3.56. The SMILES string of the molecule is C1=COCC1.C1CCC([PH+](C2CCCCC2)C2CCCCC2)CC1.[CH3-].[Cl][Ru]([Cl])=[CH]OCC=Cc1ccccc1. The van der Waals surface area contributed by atoms with Gasteiger partial charge in [0.1, 0.15) is 0 Å². The van der Waals surface area contributed by atoms with Crippen LogP contribution >= 0.6 is 27.3 Å². The summed E-state index contributed by atoms with van der Waals surface area (Å²) in [6.07, 6.45) is 32.6. The summed E-state index contributed by atoms with van der Waals surface area (Å²) in [4.78, 5) is 1.53. The summed E-state index contributed by atoms with van der Waals surface area (Å²) in [7, 11) is 11.1. The normalized spacial score (nSPS) is 20.7. The van der Waals surface area contributed by atoms with E-state index in [9.17, 15) is 0 Å². The van der Waals surface area contributed by atoms with Crippen molar-refractivity contribution in [3.05, 3.63) is 61.7 Å². The molecule has 0 radical (unpaired) electrons. The second-order valence-corrected chi connectivity index (χ2v) is 20.1. The van der Waals surface area contributed by atoms with Gasteiger partial charge in [-0.15, -0.1) is 0 Å². The average molecular weight is 685 g/mol. The number of halogens is 2. The summed E-state index contributed by atoms with van der Waals surface area (Å²) in [5.41, 5.74) is 4.84. The molecule has 224 valence electrons. The van der Waals surface area contributed by atoms with E-state index in [0.29, 0.717) is 6.61 Å². The van der Waals surface area contributed by atoms with Crippen molar-refractivity contribution in [2.75, 3.05) is 13.2 Å². The molecule has 0 amide bonds. The Bertz CT molecular complexity index is 761. The summed E-state index contributed by atoms with van der Waals surface area (Å²) in [5.74, 6) is 0. The van der Waals surface area contributed by atoms with Gasteiger partial charge in [-0.2, -0.15) is 0 Å². The molecule has 0 spiro atoms. The molecule has 1 aliphatic heterocycles. The molecule has 1 aromatic carbocycles. The first-order valence-electron chi connectivity index (χ1n) is 15.0. The summed E-state index contributed by atoms with van der Waals surface area (Å²) in [5, 5.41) is 0. The number of hydrogen-bond acceptors (Lipinski definition) is 2. The Labute approximate surface area is 254 Å². The quantitative estimate of drug-likeness (QED) is 0.123. The molecule has 0 bridgehead atoms. The van der Waals surface area contributed by atoms with Crippen LogP contribution in [-0.2, 0) is 23.0 Å². The number of rotatable bonds is 7. The standard InChI is InChI=1S/C18H33P.C10H10O.C4H6O.CH3.2ClH.Ru/c1-4-10-16(11-5-1)19(17-12-6-2-7-13-17)18-14-8-3-9-15-18;1-11-9-5-8-10-6-3-2-4-7-10;1-2-4-5-3-1;;;;/h16-18H,1-15H2;1-8H,9H2;1,3H,2,4H2;1H3;2*1H;/q;;;-1;;;+2/p-1. The molecule has 0 N–H and O–H groups in total. The van der Waals surface area contributed by atoms with E-state index in [2.05, 4.69) is 0 Å². The summed E-state index contributed by atoms with van der Waals surface area (Å²) < 4.78 is 9.87. The van der Waals surface area contributed by atoms with Crippen molar-refractivity contribution in [2.45, 2.75) is 120 Å². The summed E-state index contributed by atoms with van der Waals surface area (Å²) in [6, 6.07) is 10.0. The molecule has 0 aromatic heterocycles. The molecule has 3 fully saturated rings. The van der Waals surface area contributed by atoms with Gasteiger partial charge in [0.25, 0.3) is 0 Å². The van der Waals surface area contributed by atoms with E-state index in [0.717, 1.165) is 18.6 Å². The van der Waals surface area contributed by atoms with Crippen molar-refractivity contribution >= 4 is 38.2 Å². The van der Waals surface area contributed by atoms with E-state index in [1.807, 2.05) is 48.6 Å². The molecule has 4 aliphatic rings. The molecule has 6 heteroatoms. The number of benzene rings is 1. The van der Waals surface area contributed by atoms with Crippen molar-refractivity contribution < 1.29 is 23.0 Å². The van der Waals surface area contributed by atoms with Gasteiger partial charge in [0.05, 0.1) is 29.8 Å². The maximum atomic E-state index is 5.58. The van der Waals surface area contributed by atoms with E-state index in [-0.39, 0.29) is 15.3 Å². The molecular weight excluding hydrogens is 631 g/mol. The van der Waals surface area contributed by atoms with E-state index >= 15 is 0 Å². The molecule has 1 aromatic rings. The summed E-state index contributed by atoms with van der Waals surface area (Å²) >= 11 is -1.76. The van der Waals surface area contributed by atoms with Crippen LogP contribution in [0.5, 0.6) is 0 Å². The number of hydrogen-bond donors (Lipinski definition) is 0. The molecule has 2 nitrogen and oxygen atoms in total. The van der Waals surface area contributed by atoms with Crippen LogP contribution in [0.15, 0.2) is 48.7 Å². The molecule has 0 saturated heterocycles. The second kappa shape index (κ2) is 22.5. The zero-order valence-electron chi connectivity index (χ0n) is 24.2. The summed E-state index contributed by atoms with van der Waals surface area (Å²) in [6.45, 7) is 1.40. The molecule has 0 unspecified atom stereocenters. The molecule has 3 saturated carbocycles. The fourth-order valence-electron chi connectivity index (χ4n) is 6.53. The molecule has 3 aliphatic carbocycles. The molecule has 0 atom stereocenters. The topological polar surface area (TPSA) is 18.5 Å². The molecule has 39 heavy (non-hydrogen) atoms. The Hall–Kier alpha value is -0.0366. The zero-order chi connectivity index (χ0) is 26.7. The first-order chi connectivity index (χ1) is 18.7. The zero-order valence-corrected chi connectivity index (χ0v) is 28.4. The van der Waals surface area contributed by atoms with Crippen molar-refractivity contribution in [1.82, 2.24) is 0 Å². The van der Waals surface area contributed by atoms with Crippen molar-refractivity contribution in [3.63, 3.8) is 0 Å². The minimum absolute atomic E-state index is 0. The third kappa shape index (κ3) is 15.1. The van der Waals surface area contributed by atoms with Crippen molar-refractivity contribution in [3.8, 4) is 0 Å². The maximum absolute atomic E-state index is 5.58. The Balaban J connectivity index is 0.000000234. The van der Waals surface area contributed by atoms with E-state index in [1.54, 1.807) is 103 Å².